The van der Waals surface area contributed by atoms with Gasteiger partial charge in [-0.3, -0.25) is 0 Å². The lowest BCUT2D eigenvalue weighted by atomic mass is 9.95. The van der Waals surface area contributed by atoms with E-state index in [4.69, 9.17) is 4.74 Å². The minimum atomic E-state index is -0.599. The van der Waals surface area contributed by atoms with Crippen molar-refractivity contribution in [2.75, 3.05) is 24.7 Å². The van der Waals surface area contributed by atoms with Crippen molar-refractivity contribution in [1.82, 2.24) is 5.32 Å². The van der Waals surface area contributed by atoms with Crippen LogP contribution >= 0.6 is 11.8 Å². The van der Waals surface area contributed by atoms with Gasteiger partial charge in [-0.1, -0.05) is 6.07 Å². The van der Waals surface area contributed by atoms with Crippen LogP contribution < -0.4 is 10.1 Å². The van der Waals surface area contributed by atoms with E-state index in [2.05, 4.69) is 5.32 Å². The highest BCUT2D eigenvalue weighted by molar-refractivity contribution is 7.99. The first-order valence-electron chi connectivity index (χ1n) is 7.62. The summed E-state index contributed by atoms with van der Waals surface area (Å²) in [4.78, 5) is 0. The second-order valence-electron chi connectivity index (χ2n) is 5.94. The summed E-state index contributed by atoms with van der Waals surface area (Å²) in [6.45, 7) is 1.21. The van der Waals surface area contributed by atoms with Gasteiger partial charge in [-0.15, -0.1) is 0 Å². The second-order valence-corrected chi connectivity index (χ2v) is 7.17. The molecule has 0 bridgehead atoms. The van der Waals surface area contributed by atoms with Crippen LogP contribution in [-0.2, 0) is 0 Å². The van der Waals surface area contributed by atoms with E-state index in [1.165, 1.54) is 12.1 Å². The summed E-state index contributed by atoms with van der Waals surface area (Å²) in [6, 6.07) is 4.87. The maximum atomic E-state index is 13.3. The van der Waals surface area contributed by atoms with Crippen LogP contribution in [0.2, 0.25) is 0 Å². The topological polar surface area (TPSA) is 41.5 Å². The minimum absolute atomic E-state index is 0.127. The molecule has 1 saturated heterocycles. The fourth-order valence-corrected chi connectivity index (χ4v) is 4.25. The Balaban J connectivity index is 1.70. The molecule has 21 heavy (non-hydrogen) atoms. The van der Waals surface area contributed by atoms with Crippen molar-refractivity contribution in [3.63, 3.8) is 0 Å². The van der Waals surface area contributed by atoms with Crippen LogP contribution in [0.5, 0.6) is 5.75 Å². The summed E-state index contributed by atoms with van der Waals surface area (Å²) in [6.07, 6.45) is 3.56. The van der Waals surface area contributed by atoms with Gasteiger partial charge >= 0.3 is 0 Å². The second kappa shape index (κ2) is 6.55. The summed E-state index contributed by atoms with van der Waals surface area (Å²) in [5.41, 5.74) is 0.404. The number of benzene rings is 1. The largest absolute Gasteiger partial charge is 0.493 e. The molecule has 1 aromatic carbocycles. The third kappa shape index (κ3) is 3.71. The molecule has 1 atom stereocenters. The summed E-state index contributed by atoms with van der Waals surface area (Å²) in [5, 5.41) is 14.1. The van der Waals surface area contributed by atoms with Crippen LogP contribution in [0.25, 0.3) is 0 Å². The molecule has 0 spiro atoms. The van der Waals surface area contributed by atoms with Crippen LogP contribution in [-0.4, -0.2) is 35.4 Å². The first kappa shape index (κ1) is 15.1. The van der Waals surface area contributed by atoms with E-state index in [1.807, 2.05) is 11.8 Å². The van der Waals surface area contributed by atoms with Crippen LogP contribution in [0.1, 0.15) is 37.3 Å². The Kier molecular flexibility index (Phi) is 4.72. The van der Waals surface area contributed by atoms with Crippen molar-refractivity contribution < 1.29 is 14.2 Å². The van der Waals surface area contributed by atoms with Crippen molar-refractivity contribution in [2.24, 2.45) is 0 Å². The molecule has 2 N–H and O–H groups in total. The Labute approximate surface area is 129 Å². The van der Waals surface area contributed by atoms with Gasteiger partial charge in [0.15, 0.2) is 0 Å². The lowest BCUT2D eigenvalue weighted by molar-refractivity contribution is 0.0293. The number of aliphatic hydroxyl groups is 1. The van der Waals surface area contributed by atoms with Gasteiger partial charge < -0.3 is 15.2 Å². The molecule has 2 aliphatic rings. The average Bonchev–Trinajstić information content (AvgIpc) is 2.67. The van der Waals surface area contributed by atoms with E-state index in [0.717, 1.165) is 42.8 Å². The predicted molar refractivity (Wildman–Crippen MR) is 83.4 cm³/mol. The first-order chi connectivity index (χ1) is 10.2. The molecule has 1 fully saturated rings. The smallest absolute Gasteiger partial charge is 0.126 e. The summed E-state index contributed by atoms with van der Waals surface area (Å²) in [7, 11) is 0. The van der Waals surface area contributed by atoms with Gasteiger partial charge in [0, 0.05) is 24.2 Å². The van der Waals surface area contributed by atoms with Crippen LogP contribution in [0.3, 0.4) is 0 Å². The van der Waals surface area contributed by atoms with E-state index < -0.39 is 5.60 Å². The quantitative estimate of drug-likeness (QED) is 0.901. The minimum Gasteiger partial charge on any atom is -0.493 e. The van der Waals surface area contributed by atoms with Crippen molar-refractivity contribution in [3.8, 4) is 5.75 Å². The molecule has 1 unspecified atom stereocenters. The zero-order valence-electron chi connectivity index (χ0n) is 12.1. The zero-order chi connectivity index (χ0) is 14.7. The molecule has 3 rings (SSSR count). The number of thioether (sulfide) groups is 1. The van der Waals surface area contributed by atoms with E-state index in [0.29, 0.717) is 18.9 Å². The third-order valence-electron chi connectivity index (χ3n) is 4.35. The molecule has 1 aromatic rings. The molecule has 2 heterocycles. The summed E-state index contributed by atoms with van der Waals surface area (Å²) < 4.78 is 19.0. The Morgan fingerprint density at radius 3 is 3.00 bits per heavy atom. The monoisotopic (exact) mass is 311 g/mol. The van der Waals surface area contributed by atoms with Crippen LogP contribution in [0.15, 0.2) is 18.2 Å². The van der Waals surface area contributed by atoms with Gasteiger partial charge in [-0.25, -0.2) is 4.39 Å². The first-order valence-corrected chi connectivity index (χ1v) is 8.78. The number of hydrogen-bond donors (Lipinski definition) is 2. The maximum Gasteiger partial charge on any atom is 0.126 e. The van der Waals surface area contributed by atoms with E-state index in [-0.39, 0.29) is 11.9 Å². The lowest BCUT2D eigenvalue weighted by Gasteiger charge is -2.33. The zero-order valence-corrected chi connectivity index (χ0v) is 12.9. The lowest BCUT2D eigenvalue weighted by Crippen LogP contribution is -2.44. The van der Waals surface area contributed by atoms with Crippen molar-refractivity contribution in [3.05, 3.63) is 29.6 Å². The number of fused-ring (bicyclic) bond motifs is 1. The highest BCUT2D eigenvalue weighted by Gasteiger charge is 2.31. The van der Waals surface area contributed by atoms with Gasteiger partial charge in [0.25, 0.3) is 0 Å². The summed E-state index contributed by atoms with van der Waals surface area (Å²) in [5.74, 6) is 2.41. The Hall–Kier alpha value is -0.780. The number of hydrogen-bond acceptors (Lipinski definition) is 4. The number of nitrogens with one attached hydrogen (secondary N) is 1. The van der Waals surface area contributed by atoms with E-state index >= 15 is 0 Å². The normalized spacial score (nSPS) is 24.8. The molecular formula is C16H22FNO2S. The number of halogens is 1. The van der Waals surface area contributed by atoms with Crippen molar-refractivity contribution >= 4 is 11.8 Å². The maximum absolute atomic E-state index is 13.3. The van der Waals surface area contributed by atoms with E-state index in [9.17, 15) is 9.50 Å². The number of rotatable bonds is 3. The highest BCUT2D eigenvalue weighted by atomic mass is 32.2. The molecule has 0 saturated carbocycles. The van der Waals surface area contributed by atoms with Gasteiger partial charge in [-0.05, 0) is 43.3 Å². The molecule has 0 radical (unpaired) electrons. The standard InChI is InChI=1S/C16H22FNO2S/c17-12-3-4-13-14(2-1-7-20-15(13)10-12)18-11-16(19)5-8-21-9-6-16/h3-4,10,14,18-19H,1-2,5-9,11H2. The molecular weight excluding hydrogens is 289 g/mol. The molecule has 5 heteroatoms. The van der Waals surface area contributed by atoms with Gasteiger partial charge in [-0.2, -0.15) is 11.8 Å². The van der Waals surface area contributed by atoms with Gasteiger partial charge in [0.1, 0.15) is 11.6 Å². The molecule has 116 valence electrons. The van der Waals surface area contributed by atoms with Gasteiger partial charge in [0.2, 0.25) is 0 Å². The molecule has 0 amide bonds. The fourth-order valence-electron chi connectivity index (χ4n) is 3.00. The number of ether oxygens (including phenoxy) is 1. The van der Waals surface area contributed by atoms with E-state index in [1.54, 1.807) is 6.07 Å². The SMILES string of the molecule is OC1(CNC2CCCOc3cc(F)ccc32)CCSCC1. The molecule has 3 nitrogen and oxygen atoms in total. The van der Waals surface area contributed by atoms with Crippen molar-refractivity contribution in [2.45, 2.75) is 37.3 Å². The predicted octanol–water partition coefficient (Wildman–Crippen LogP) is 2.89. The Morgan fingerprint density at radius 1 is 1.38 bits per heavy atom. The fraction of sp³-hybridized carbons (Fsp3) is 0.625. The third-order valence-corrected chi connectivity index (χ3v) is 5.33. The van der Waals surface area contributed by atoms with Crippen LogP contribution in [0, 0.1) is 5.82 Å². The molecule has 2 aliphatic heterocycles. The van der Waals surface area contributed by atoms with Gasteiger partial charge in [0.05, 0.1) is 12.2 Å². The average molecular weight is 311 g/mol. The summed E-state index contributed by atoms with van der Waals surface area (Å²) >= 11 is 1.90. The Bertz CT molecular complexity index is 491. The highest BCUT2D eigenvalue weighted by Crippen LogP contribution is 2.33. The Morgan fingerprint density at radius 2 is 2.19 bits per heavy atom. The van der Waals surface area contributed by atoms with Crippen LogP contribution in [0.4, 0.5) is 4.39 Å². The van der Waals surface area contributed by atoms with Crippen molar-refractivity contribution in [1.29, 1.82) is 0 Å². The molecule has 0 aliphatic carbocycles. The molecule has 0 aromatic heterocycles.